The van der Waals surface area contributed by atoms with Crippen molar-refractivity contribution in [2.45, 2.75) is 19.8 Å². The second-order valence-corrected chi connectivity index (χ2v) is 4.02. The predicted octanol–water partition coefficient (Wildman–Crippen LogP) is 3.48. The van der Waals surface area contributed by atoms with E-state index in [9.17, 15) is 4.79 Å². The van der Waals surface area contributed by atoms with Crippen molar-refractivity contribution in [1.29, 1.82) is 0 Å². The molecule has 2 heteroatoms. The van der Waals surface area contributed by atoms with Gasteiger partial charge in [0.2, 0.25) is 0 Å². The Hall–Kier alpha value is -1.08. The minimum Gasteiger partial charge on any atom is -0.294 e. The van der Waals surface area contributed by atoms with E-state index in [-0.39, 0.29) is 5.78 Å². The quantitative estimate of drug-likeness (QED) is 0.688. The molecule has 0 N–H and O–H groups in total. The maximum absolute atomic E-state index is 11.6. The van der Waals surface area contributed by atoms with Crippen LogP contribution in [0.2, 0.25) is 5.02 Å². The Balaban J connectivity index is 2.44. The smallest absolute Gasteiger partial charge is 0.163 e. The SMILES string of the molecule is CC1=C(c2ccc(Cl)cc2)C(=O)CC1. The molecule has 14 heavy (non-hydrogen) atoms. The second kappa shape index (κ2) is 3.58. The van der Waals surface area contributed by atoms with Crippen molar-refractivity contribution in [3.8, 4) is 0 Å². The van der Waals surface area contributed by atoms with Gasteiger partial charge in [-0.15, -0.1) is 0 Å². The molecule has 0 saturated carbocycles. The summed E-state index contributed by atoms with van der Waals surface area (Å²) >= 11 is 5.79. The Labute approximate surface area is 88.4 Å². The van der Waals surface area contributed by atoms with Gasteiger partial charge in [-0.1, -0.05) is 29.3 Å². The monoisotopic (exact) mass is 206 g/mol. The average Bonchev–Trinajstić information content (AvgIpc) is 2.49. The molecule has 0 bridgehead atoms. The van der Waals surface area contributed by atoms with Gasteiger partial charge in [-0.25, -0.2) is 0 Å². The van der Waals surface area contributed by atoms with Gasteiger partial charge in [0.25, 0.3) is 0 Å². The summed E-state index contributed by atoms with van der Waals surface area (Å²) in [4.78, 5) is 11.6. The molecular weight excluding hydrogens is 196 g/mol. The minimum absolute atomic E-state index is 0.254. The van der Waals surface area contributed by atoms with Gasteiger partial charge in [0.15, 0.2) is 5.78 Å². The van der Waals surface area contributed by atoms with E-state index in [2.05, 4.69) is 0 Å². The zero-order valence-corrected chi connectivity index (χ0v) is 8.77. The number of hydrogen-bond donors (Lipinski definition) is 0. The van der Waals surface area contributed by atoms with Crippen molar-refractivity contribution in [3.05, 3.63) is 40.4 Å². The first-order valence-electron chi connectivity index (χ1n) is 4.67. The maximum atomic E-state index is 11.6. The number of halogens is 1. The highest BCUT2D eigenvalue weighted by Crippen LogP contribution is 2.30. The second-order valence-electron chi connectivity index (χ2n) is 3.59. The number of hydrogen-bond acceptors (Lipinski definition) is 1. The summed E-state index contributed by atoms with van der Waals surface area (Å²) in [5.41, 5.74) is 3.08. The number of ketones is 1. The van der Waals surface area contributed by atoms with Crippen molar-refractivity contribution < 1.29 is 4.79 Å². The van der Waals surface area contributed by atoms with Crippen LogP contribution in [-0.4, -0.2) is 5.78 Å². The number of carbonyl (C=O) groups is 1. The van der Waals surface area contributed by atoms with Crippen LogP contribution in [0.1, 0.15) is 25.3 Å². The van der Waals surface area contributed by atoms with Gasteiger partial charge < -0.3 is 0 Å². The number of Topliss-reactive ketones (excluding diaryl/α,β-unsaturated/α-hetero) is 1. The van der Waals surface area contributed by atoms with Gasteiger partial charge in [-0.05, 0) is 31.0 Å². The van der Waals surface area contributed by atoms with Crippen LogP contribution in [0.25, 0.3) is 5.57 Å². The molecular formula is C12H11ClO. The summed E-state index contributed by atoms with van der Waals surface area (Å²) in [6.07, 6.45) is 1.56. The van der Waals surface area contributed by atoms with Gasteiger partial charge >= 0.3 is 0 Å². The highest BCUT2D eigenvalue weighted by molar-refractivity contribution is 6.30. The lowest BCUT2D eigenvalue weighted by atomic mass is 10.0. The molecule has 0 saturated heterocycles. The lowest BCUT2D eigenvalue weighted by Crippen LogP contribution is -1.95. The van der Waals surface area contributed by atoms with Gasteiger partial charge in [0, 0.05) is 17.0 Å². The molecule has 1 aliphatic carbocycles. The first-order valence-corrected chi connectivity index (χ1v) is 5.05. The van der Waals surface area contributed by atoms with Gasteiger partial charge in [-0.2, -0.15) is 0 Å². The normalized spacial score (nSPS) is 16.6. The largest absolute Gasteiger partial charge is 0.294 e. The molecule has 0 radical (unpaired) electrons. The third kappa shape index (κ3) is 1.60. The van der Waals surface area contributed by atoms with Crippen molar-refractivity contribution in [2.24, 2.45) is 0 Å². The molecule has 0 fully saturated rings. The standard InChI is InChI=1S/C12H11ClO/c1-8-2-7-11(14)12(8)9-3-5-10(13)6-4-9/h3-6H,2,7H2,1H3. The molecule has 0 aliphatic heterocycles. The first kappa shape index (κ1) is 9.47. The van der Waals surface area contributed by atoms with Crippen LogP contribution >= 0.6 is 11.6 Å². The fraction of sp³-hybridized carbons (Fsp3) is 0.250. The topological polar surface area (TPSA) is 17.1 Å². The molecule has 0 aromatic heterocycles. The third-order valence-electron chi connectivity index (χ3n) is 2.57. The Bertz CT molecular complexity index is 401. The van der Waals surface area contributed by atoms with Crippen molar-refractivity contribution in [3.63, 3.8) is 0 Å². The predicted molar refractivity (Wildman–Crippen MR) is 58.3 cm³/mol. The van der Waals surface area contributed by atoms with Crippen molar-refractivity contribution in [2.75, 3.05) is 0 Å². The number of benzene rings is 1. The van der Waals surface area contributed by atoms with E-state index in [4.69, 9.17) is 11.6 Å². The minimum atomic E-state index is 0.254. The molecule has 1 aromatic rings. The van der Waals surface area contributed by atoms with Crippen molar-refractivity contribution in [1.82, 2.24) is 0 Å². The Kier molecular flexibility index (Phi) is 2.42. The number of allylic oxidation sites excluding steroid dienone is 2. The van der Waals surface area contributed by atoms with Crippen LogP contribution in [0.3, 0.4) is 0 Å². The molecule has 0 amide bonds. The van der Waals surface area contributed by atoms with Crippen molar-refractivity contribution >= 4 is 23.0 Å². The summed E-state index contributed by atoms with van der Waals surface area (Å²) in [6.45, 7) is 2.02. The van der Waals surface area contributed by atoms with Crippen LogP contribution in [0.5, 0.6) is 0 Å². The Morgan fingerprint density at radius 3 is 2.29 bits per heavy atom. The Morgan fingerprint density at radius 1 is 1.14 bits per heavy atom. The number of rotatable bonds is 1. The summed E-state index contributed by atoms with van der Waals surface area (Å²) in [5.74, 6) is 0.254. The van der Waals surface area contributed by atoms with E-state index < -0.39 is 0 Å². The van der Waals surface area contributed by atoms with Crippen LogP contribution in [0, 0.1) is 0 Å². The first-order chi connectivity index (χ1) is 6.68. The van der Waals surface area contributed by atoms with Crippen LogP contribution in [0.4, 0.5) is 0 Å². The zero-order valence-electron chi connectivity index (χ0n) is 8.01. The molecule has 1 aliphatic rings. The van der Waals surface area contributed by atoms with E-state index in [1.165, 1.54) is 5.57 Å². The van der Waals surface area contributed by atoms with E-state index >= 15 is 0 Å². The highest BCUT2D eigenvalue weighted by Gasteiger charge is 2.20. The van der Waals surface area contributed by atoms with E-state index in [0.29, 0.717) is 11.4 Å². The van der Waals surface area contributed by atoms with Crippen LogP contribution < -0.4 is 0 Å². The summed E-state index contributed by atoms with van der Waals surface area (Å²) in [6, 6.07) is 7.46. The third-order valence-corrected chi connectivity index (χ3v) is 2.82. The molecule has 2 rings (SSSR count). The highest BCUT2D eigenvalue weighted by atomic mass is 35.5. The Morgan fingerprint density at radius 2 is 1.79 bits per heavy atom. The summed E-state index contributed by atoms with van der Waals surface area (Å²) < 4.78 is 0. The maximum Gasteiger partial charge on any atom is 0.163 e. The molecule has 1 aromatic carbocycles. The number of carbonyl (C=O) groups excluding carboxylic acids is 1. The molecule has 0 heterocycles. The molecule has 72 valence electrons. The molecule has 0 unspecified atom stereocenters. The van der Waals surface area contributed by atoms with Gasteiger partial charge in [0.05, 0.1) is 0 Å². The van der Waals surface area contributed by atoms with Gasteiger partial charge in [-0.3, -0.25) is 4.79 Å². The average molecular weight is 207 g/mol. The fourth-order valence-corrected chi connectivity index (χ4v) is 1.94. The van der Waals surface area contributed by atoms with Gasteiger partial charge in [0.1, 0.15) is 0 Å². The van der Waals surface area contributed by atoms with Crippen LogP contribution in [-0.2, 0) is 4.79 Å². The fourth-order valence-electron chi connectivity index (χ4n) is 1.81. The molecule has 0 atom stereocenters. The molecule has 0 spiro atoms. The van der Waals surface area contributed by atoms with E-state index in [0.717, 1.165) is 17.6 Å². The lowest BCUT2D eigenvalue weighted by Gasteiger charge is -2.02. The summed E-state index contributed by atoms with van der Waals surface area (Å²) in [7, 11) is 0. The van der Waals surface area contributed by atoms with E-state index in [1.54, 1.807) is 0 Å². The van der Waals surface area contributed by atoms with Crippen LogP contribution in [0.15, 0.2) is 29.8 Å². The summed E-state index contributed by atoms with van der Waals surface area (Å²) in [5, 5.41) is 0.706. The molecule has 1 nitrogen and oxygen atoms in total. The lowest BCUT2D eigenvalue weighted by molar-refractivity contribution is -0.113. The zero-order chi connectivity index (χ0) is 10.1. The van der Waals surface area contributed by atoms with E-state index in [1.807, 2.05) is 31.2 Å².